The van der Waals surface area contributed by atoms with Gasteiger partial charge in [-0.3, -0.25) is 4.79 Å². The van der Waals surface area contributed by atoms with Crippen LogP contribution < -0.4 is 10.1 Å². The summed E-state index contributed by atoms with van der Waals surface area (Å²) in [6, 6.07) is 3.99. The Morgan fingerprint density at radius 1 is 1.38 bits per heavy atom. The molecule has 0 aromatic heterocycles. The minimum Gasteiger partial charge on any atom is -0.484 e. The van der Waals surface area contributed by atoms with Crippen molar-refractivity contribution in [3.05, 3.63) is 29.0 Å². The van der Waals surface area contributed by atoms with E-state index in [0.29, 0.717) is 19.6 Å². The van der Waals surface area contributed by atoms with Crippen molar-refractivity contribution in [1.29, 1.82) is 0 Å². The summed E-state index contributed by atoms with van der Waals surface area (Å²) in [5.41, 5.74) is -0.526. The average molecular weight is 387 g/mol. The molecular formula is C18H24ClFN2O4. The van der Waals surface area contributed by atoms with Gasteiger partial charge in [-0.25, -0.2) is 9.18 Å². The van der Waals surface area contributed by atoms with E-state index in [1.165, 1.54) is 12.1 Å². The highest BCUT2D eigenvalue weighted by atomic mass is 35.5. The molecule has 0 spiro atoms. The Hall–Kier alpha value is -2.02. The molecule has 1 aliphatic rings. The number of likely N-dealkylation sites (tertiary alicyclic amines) is 1. The average Bonchev–Trinajstić information content (AvgIpc) is 3.01. The molecule has 0 aliphatic carbocycles. The van der Waals surface area contributed by atoms with Gasteiger partial charge in [0, 0.05) is 25.7 Å². The minimum atomic E-state index is -0.599. The van der Waals surface area contributed by atoms with Crippen molar-refractivity contribution in [3.8, 4) is 5.75 Å². The standard InChI is InChI=1S/C18H24ClFN2O4/c1-18(2,3)26-17(24)22-7-6-12(10-22)9-21-16(23)11-25-13-4-5-14(19)15(20)8-13/h4-5,8,12H,6-7,9-11H2,1-3H3,(H,21,23). The number of amides is 2. The van der Waals surface area contributed by atoms with Crippen LogP contribution in [-0.2, 0) is 9.53 Å². The number of hydrogen-bond acceptors (Lipinski definition) is 4. The summed E-state index contributed by atoms with van der Waals surface area (Å²) in [7, 11) is 0. The number of nitrogens with zero attached hydrogens (tertiary/aromatic N) is 1. The number of carbonyl (C=O) groups is 2. The molecule has 1 aliphatic heterocycles. The van der Waals surface area contributed by atoms with Crippen molar-refractivity contribution in [2.45, 2.75) is 32.8 Å². The number of halogens is 2. The zero-order valence-electron chi connectivity index (χ0n) is 15.2. The molecule has 0 saturated carbocycles. The van der Waals surface area contributed by atoms with Gasteiger partial charge in [-0.2, -0.15) is 0 Å². The zero-order chi connectivity index (χ0) is 19.3. The second kappa shape index (κ2) is 8.58. The van der Waals surface area contributed by atoms with Crippen LogP contribution in [-0.4, -0.2) is 48.7 Å². The normalized spacial score (nSPS) is 17.1. The van der Waals surface area contributed by atoms with E-state index in [4.69, 9.17) is 21.1 Å². The summed E-state index contributed by atoms with van der Waals surface area (Å²) in [5, 5.41) is 2.76. The number of nitrogens with one attached hydrogen (secondary N) is 1. The lowest BCUT2D eigenvalue weighted by atomic mass is 10.1. The van der Waals surface area contributed by atoms with E-state index in [1.54, 1.807) is 4.90 Å². The lowest BCUT2D eigenvalue weighted by molar-refractivity contribution is -0.123. The van der Waals surface area contributed by atoms with E-state index in [-0.39, 0.29) is 35.3 Å². The fourth-order valence-corrected chi connectivity index (χ4v) is 2.63. The van der Waals surface area contributed by atoms with Gasteiger partial charge in [0.1, 0.15) is 17.2 Å². The predicted molar refractivity (Wildman–Crippen MR) is 95.8 cm³/mol. The number of ether oxygens (including phenoxy) is 2. The Morgan fingerprint density at radius 2 is 2.12 bits per heavy atom. The highest BCUT2D eigenvalue weighted by Gasteiger charge is 2.29. The first-order valence-corrected chi connectivity index (χ1v) is 8.84. The topological polar surface area (TPSA) is 67.9 Å². The highest BCUT2D eigenvalue weighted by molar-refractivity contribution is 6.30. The van der Waals surface area contributed by atoms with E-state index < -0.39 is 11.4 Å². The summed E-state index contributed by atoms with van der Waals surface area (Å²) in [6.45, 7) is 6.84. The maximum Gasteiger partial charge on any atom is 0.410 e. The maximum absolute atomic E-state index is 13.3. The van der Waals surface area contributed by atoms with E-state index in [9.17, 15) is 14.0 Å². The molecule has 0 bridgehead atoms. The van der Waals surface area contributed by atoms with Gasteiger partial charge in [-0.1, -0.05) is 11.6 Å². The van der Waals surface area contributed by atoms with E-state index in [1.807, 2.05) is 20.8 Å². The van der Waals surface area contributed by atoms with Gasteiger partial charge < -0.3 is 19.7 Å². The highest BCUT2D eigenvalue weighted by Crippen LogP contribution is 2.21. The lowest BCUT2D eigenvalue weighted by Gasteiger charge is -2.24. The molecule has 1 aromatic carbocycles. The van der Waals surface area contributed by atoms with Crippen molar-refractivity contribution < 1.29 is 23.5 Å². The molecule has 1 atom stereocenters. The molecular weight excluding hydrogens is 363 g/mol. The number of carbonyl (C=O) groups excluding carboxylic acids is 2. The third-order valence-corrected chi connectivity index (χ3v) is 4.09. The lowest BCUT2D eigenvalue weighted by Crippen LogP contribution is -2.37. The summed E-state index contributed by atoms with van der Waals surface area (Å²) in [4.78, 5) is 25.5. The molecule has 6 nitrogen and oxygen atoms in total. The second-order valence-corrected chi connectivity index (χ2v) is 7.66. The molecule has 1 fully saturated rings. The van der Waals surface area contributed by atoms with Gasteiger partial charge in [0.25, 0.3) is 5.91 Å². The monoisotopic (exact) mass is 386 g/mol. The van der Waals surface area contributed by atoms with Crippen molar-refractivity contribution in [2.24, 2.45) is 5.92 Å². The van der Waals surface area contributed by atoms with Gasteiger partial charge >= 0.3 is 6.09 Å². The molecule has 26 heavy (non-hydrogen) atoms. The van der Waals surface area contributed by atoms with E-state index in [2.05, 4.69) is 5.32 Å². The van der Waals surface area contributed by atoms with Crippen molar-refractivity contribution in [3.63, 3.8) is 0 Å². The first-order chi connectivity index (χ1) is 12.1. The van der Waals surface area contributed by atoms with Gasteiger partial charge in [-0.15, -0.1) is 0 Å². The molecule has 1 aromatic rings. The van der Waals surface area contributed by atoms with Gasteiger partial charge in [0.2, 0.25) is 0 Å². The molecule has 8 heteroatoms. The Labute approximate surface area is 157 Å². The van der Waals surface area contributed by atoms with Gasteiger partial charge in [-0.05, 0) is 45.2 Å². The zero-order valence-corrected chi connectivity index (χ0v) is 15.9. The van der Waals surface area contributed by atoms with Crippen LogP contribution in [0.25, 0.3) is 0 Å². The fraction of sp³-hybridized carbons (Fsp3) is 0.556. The predicted octanol–water partition coefficient (Wildman–Crippen LogP) is 3.23. The van der Waals surface area contributed by atoms with Crippen molar-refractivity contribution in [2.75, 3.05) is 26.2 Å². The van der Waals surface area contributed by atoms with Crippen LogP contribution >= 0.6 is 11.6 Å². The fourth-order valence-electron chi connectivity index (χ4n) is 2.52. The van der Waals surface area contributed by atoms with E-state index >= 15 is 0 Å². The molecule has 1 N–H and O–H groups in total. The van der Waals surface area contributed by atoms with Crippen LogP contribution in [0, 0.1) is 11.7 Å². The van der Waals surface area contributed by atoms with Crippen LogP contribution in [0.5, 0.6) is 5.75 Å². The maximum atomic E-state index is 13.3. The number of rotatable bonds is 5. The van der Waals surface area contributed by atoms with Crippen LogP contribution in [0.3, 0.4) is 0 Å². The van der Waals surface area contributed by atoms with Crippen LogP contribution in [0.1, 0.15) is 27.2 Å². The van der Waals surface area contributed by atoms with Crippen LogP contribution in [0.15, 0.2) is 18.2 Å². The summed E-state index contributed by atoms with van der Waals surface area (Å²) in [5.74, 6) is -0.507. The Morgan fingerprint density at radius 3 is 2.77 bits per heavy atom. The smallest absolute Gasteiger partial charge is 0.410 e. The quantitative estimate of drug-likeness (QED) is 0.843. The second-order valence-electron chi connectivity index (χ2n) is 7.25. The molecule has 1 saturated heterocycles. The summed E-state index contributed by atoms with van der Waals surface area (Å²) in [6.07, 6.45) is 0.461. The largest absolute Gasteiger partial charge is 0.484 e. The number of benzene rings is 1. The molecule has 1 unspecified atom stereocenters. The Balaban J connectivity index is 1.69. The molecule has 2 amide bonds. The molecule has 2 rings (SSSR count). The molecule has 144 valence electrons. The van der Waals surface area contributed by atoms with Gasteiger partial charge in [0.05, 0.1) is 5.02 Å². The molecule has 1 heterocycles. The third kappa shape index (κ3) is 6.37. The first kappa shape index (κ1) is 20.3. The van der Waals surface area contributed by atoms with Crippen molar-refractivity contribution >= 4 is 23.6 Å². The summed E-state index contributed by atoms with van der Waals surface area (Å²) >= 11 is 5.59. The van der Waals surface area contributed by atoms with Crippen LogP contribution in [0.2, 0.25) is 5.02 Å². The first-order valence-electron chi connectivity index (χ1n) is 8.46. The van der Waals surface area contributed by atoms with Gasteiger partial charge in [0.15, 0.2) is 6.61 Å². The van der Waals surface area contributed by atoms with E-state index in [0.717, 1.165) is 12.5 Å². The summed E-state index contributed by atoms with van der Waals surface area (Å²) < 4.78 is 23.9. The van der Waals surface area contributed by atoms with Crippen molar-refractivity contribution in [1.82, 2.24) is 10.2 Å². The number of hydrogen-bond donors (Lipinski definition) is 1. The third-order valence-electron chi connectivity index (χ3n) is 3.79. The molecule has 0 radical (unpaired) electrons. The SMILES string of the molecule is CC(C)(C)OC(=O)N1CCC(CNC(=O)COc2ccc(Cl)c(F)c2)C1. The van der Waals surface area contributed by atoms with Crippen LogP contribution in [0.4, 0.5) is 9.18 Å². The Bertz CT molecular complexity index is 663. The Kier molecular flexibility index (Phi) is 6.69. The minimum absolute atomic E-state index is 0.00224.